The summed E-state index contributed by atoms with van der Waals surface area (Å²) < 4.78 is 47.7. The number of aliphatic hydroxyl groups excluding tert-OH is 2. The van der Waals surface area contributed by atoms with Crippen LogP contribution in [-0.2, 0) is 5.41 Å². The molecule has 0 radical (unpaired) electrons. The Balaban J connectivity index is 1.65. The van der Waals surface area contributed by atoms with Crippen molar-refractivity contribution in [2.45, 2.75) is 44.4 Å². The minimum atomic E-state index is -3.06. The van der Waals surface area contributed by atoms with Crippen molar-refractivity contribution in [1.82, 2.24) is 19.5 Å². The van der Waals surface area contributed by atoms with E-state index >= 15 is 4.39 Å². The van der Waals surface area contributed by atoms with Gasteiger partial charge in [0, 0.05) is 52.0 Å². The molecule has 0 amide bonds. The number of nitrogens with zero attached hydrogens (tertiary/aromatic N) is 4. The van der Waals surface area contributed by atoms with E-state index in [0.717, 1.165) is 0 Å². The van der Waals surface area contributed by atoms with Crippen molar-refractivity contribution in [1.29, 1.82) is 0 Å². The molecule has 2 atom stereocenters. The number of fused-ring (bicyclic) bond motifs is 3. The summed E-state index contributed by atoms with van der Waals surface area (Å²) in [4.78, 5) is 13.0. The van der Waals surface area contributed by atoms with Gasteiger partial charge in [-0.25, -0.2) is 19.3 Å². The van der Waals surface area contributed by atoms with Crippen LogP contribution in [0.15, 0.2) is 42.7 Å². The Labute approximate surface area is 209 Å². The number of hydrogen-bond donors (Lipinski definition) is 2. The number of ether oxygens (including phenoxy) is 1. The minimum absolute atomic E-state index is 0.109. The second-order valence-electron chi connectivity index (χ2n) is 9.30. The number of hydrogen-bond acceptors (Lipinski definition) is 6. The normalized spacial score (nSPS) is 17.7. The summed E-state index contributed by atoms with van der Waals surface area (Å²) in [5.74, 6) is 0.00414. The quantitative estimate of drug-likeness (QED) is 0.365. The molecule has 0 aliphatic carbocycles. The number of benzene rings is 2. The molecule has 36 heavy (non-hydrogen) atoms. The maximum Gasteiger partial charge on any atom is 0.387 e. The summed E-state index contributed by atoms with van der Waals surface area (Å²) in [6.45, 7) is 0.358. The van der Waals surface area contributed by atoms with Crippen molar-refractivity contribution in [3.63, 3.8) is 0 Å². The monoisotopic (exact) mass is 518 g/mol. The van der Waals surface area contributed by atoms with Gasteiger partial charge >= 0.3 is 6.61 Å². The standard InChI is InChI=1S/C25H22ClF3N4O3/c1-25(2,11-34)23-30-9-12(10-31-23)13-6-17-16(7-15(13)27)32-22-19(35)8-18(33(17)22)21-14(26)4-3-5-20(21)36-24(28)29/h3-7,9-10,18-19,24,34-35H,8,11H2,1-2H3/t18-,19+/m1/s1. The average Bonchev–Trinajstić information content (AvgIpc) is 3.35. The summed E-state index contributed by atoms with van der Waals surface area (Å²) in [5.41, 5.74) is 0.979. The van der Waals surface area contributed by atoms with Gasteiger partial charge in [-0.15, -0.1) is 0 Å². The Morgan fingerprint density at radius 1 is 1.22 bits per heavy atom. The lowest BCUT2D eigenvalue weighted by molar-refractivity contribution is -0.0507. The first kappa shape index (κ1) is 24.5. The van der Waals surface area contributed by atoms with E-state index in [-0.39, 0.29) is 46.3 Å². The van der Waals surface area contributed by atoms with Gasteiger partial charge in [0.25, 0.3) is 0 Å². The third kappa shape index (κ3) is 4.08. The Kier molecular flexibility index (Phi) is 6.14. The van der Waals surface area contributed by atoms with Crippen LogP contribution in [0.5, 0.6) is 5.75 Å². The largest absolute Gasteiger partial charge is 0.434 e. The van der Waals surface area contributed by atoms with Crippen molar-refractivity contribution < 1.29 is 28.1 Å². The summed E-state index contributed by atoms with van der Waals surface area (Å²) in [6, 6.07) is 6.56. The van der Waals surface area contributed by atoms with Crippen LogP contribution in [0, 0.1) is 5.82 Å². The molecule has 2 aromatic carbocycles. The van der Waals surface area contributed by atoms with E-state index < -0.39 is 30.0 Å². The van der Waals surface area contributed by atoms with Crippen LogP contribution in [0.1, 0.15) is 49.6 Å². The number of aromatic nitrogens is 4. The molecule has 3 heterocycles. The first-order valence-corrected chi connectivity index (χ1v) is 11.5. The number of rotatable bonds is 6. The Bertz CT molecular complexity index is 1440. The van der Waals surface area contributed by atoms with Gasteiger partial charge in [-0.1, -0.05) is 31.5 Å². The van der Waals surface area contributed by atoms with E-state index in [1.165, 1.54) is 30.6 Å². The van der Waals surface area contributed by atoms with E-state index in [0.29, 0.717) is 16.9 Å². The first-order chi connectivity index (χ1) is 17.1. The van der Waals surface area contributed by atoms with E-state index in [1.807, 2.05) is 0 Å². The fourth-order valence-corrected chi connectivity index (χ4v) is 4.81. The fraction of sp³-hybridized carbons (Fsp3) is 0.320. The lowest BCUT2D eigenvalue weighted by Crippen LogP contribution is -2.25. The topological polar surface area (TPSA) is 93.3 Å². The molecule has 5 rings (SSSR count). The predicted octanol–water partition coefficient (Wildman–Crippen LogP) is 5.18. The minimum Gasteiger partial charge on any atom is -0.434 e. The SMILES string of the molecule is CC(C)(CO)c1ncc(-c2cc3c(cc2F)nc2n3[C@@H](c3c(Cl)cccc3OC(F)F)C[C@@H]2O)cn1. The van der Waals surface area contributed by atoms with Crippen molar-refractivity contribution in [3.05, 3.63) is 70.8 Å². The van der Waals surface area contributed by atoms with E-state index in [2.05, 4.69) is 15.0 Å². The van der Waals surface area contributed by atoms with Crippen molar-refractivity contribution >= 4 is 22.6 Å². The molecule has 11 heteroatoms. The summed E-state index contributed by atoms with van der Waals surface area (Å²) in [5, 5.41) is 20.5. The molecule has 4 aromatic rings. The Hall–Kier alpha value is -3.21. The lowest BCUT2D eigenvalue weighted by atomic mass is 9.93. The lowest BCUT2D eigenvalue weighted by Gasteiger charge is -2.20. The van der Waals surface area contributed by atoms with Crippen molar-refractivity contribution in [3.8, 4) is 16.9 Å². The number of aliphatic hydroxyl groups is 2. The Morgan fingerprint density at radius 2 is 1.94 bits per heavy atom. The molecule has 1 aliphatic rings. The molecule has 0 saturated heterocycles. The number of imidazole rings is 1. The fourth-order valence-electron chi connectivity index (χ4n) is 4.51. The molecule has 0 fully saturated rings. The second kappa shape index (κ2) is 9.02. The van der Waals surface area contributed by atoms with Crippen LogP contribution in [-0.4, -0.2) is 43.0 Å². The van der Waals surface area contributed by atoms with Gasteiger partial charge in [-0.05, 0) is 18.2 Å². The molecule has 0 unspecified atom stereocenters. The van der Waals surface area contributed by atoms with Crippen LogP contribution in [0.25, 0.3) is 22.2 Å². The summed E-state index contributed by atoms with van der Waals surface area (Å²) >= 11 is 6.41. The van der Waals surface area contributed by atoms with Crippen molar-refractivity contribution in [2.75, 3.05) is 6.61 Å². The smallest absolute Gasteiger partial charge is 0.387 e. The highest BCUT2D eigenvalue weighted by Crippen LogP contribution is 2.47. The molecule has 2 aromatic heterocycles. The van der Waals surface area contributed by atoms with Crippen LogP contribution >= 0.6 is 11.6 Å². The highest BCUT2D eigenvalue weighted by Gasteiger charge is 2.37. The highest BCUT2D eigenvalue weighted by atomic mass is 35.5. The molecular weight excluding hydrogens is 497 g/mol. The third-order valence-electron chi connectivity index (χ3n) is 6.39. The van der Waals surface area contributed by atoms with Gasteiger partial charge in [0.05, 0.1) is 23.7 Å². The predicted molar refractivity (Wildman–Crippen MR) is 127 cm³/mol. The Morgan fingerprint density at radius 3 is 2.61 bits per heavy atom. The molecule has 0 saturated carbocycles. The molecule has 7 nitrogen and oxygen atoms in total. The van der Waals surface area contributed by atoms with Crippen LogP contribution in [0.3, 0.4) is 0 Å². The van der Waals surface area contributed by atoms with E-state index in [1.54, 1.807) is 30.5 Å². The maximum atomic E-state index is 15.1. The third-order valence-corrected chi connectivity index (χ3v) is 6.72. The zero-order valence-electron chi connectivity index (χ0n) is 19.3. The van der Waals surface area contributed by atoms with Crippen LogP contribution < -0.4 is 4.74 Å². The number of alkyl halides is 2. The summed E-state index contributed by atoms with van der Waals surface area (Å²) in [7, 11) is 0. The van der Waals surface area contributed by atoms with Crippen LogP contribution in [0.2, 0.25) is 5.02 Å². The second-order valence-corrected chi connectivity index (χ2v) is 9.70. The zero-order chi connectivity index (χ0) is 25.8. The van der Waals surface area contributed by atoms with Gasteiger partial charge in [-0.3, -0.25) is 0 Å². The van der Waals surface area contributed by atoms with Gasteiger partial charge in [0.1, 0.15) is 29.3 Å². The molecule has 0 bridgehead atoms. The van der Waals surface area contributed by atoms with E-state index in [9.17, 15) is 19.0 Å². The molecule has 188 valence electrons. The van der Waals surface area contributed by atoms with Gasteiger partial charge in [0.15, 0.2) is 0 Å². The maximum absolute atomic E-state index is 15.1. The van der Waals surface area contributed by atoms with E-state index in [4.69, 9.17) is 16.3 Å². The van der Waals surface area contributed by atoms with Gasteiger partial charge < -0.3 is 19.5 Å². The molecule has 2 N–H and O–H groups in total. The zero-order valence-corrected chi connectivity index (χ0v) is 20.0. The number of halogens is 4. The molecule has 0 spiro atoms. The highest BCUT2D eigenvalue weighted by molar-refractivity contribution is 6.31. The van der Waals surface area contributed by atoms with Gasteiger partial charge in [-0.2, -0.15) is 8.78 Å². The first-order valence-electron chi connectivity index (χ1n) is 11.2. The van der Waals surface area contributed by atoms with Gasteiger partial charge in [0.2, 0.25) is 0 Å². The summed E-state index contributed by atoms with van der Waals surface area (Å²) in [6.07, 6.45) is 2.05. The average molecular weight is 519 g/mol. The molecule has 1 aliphatic heterocycles. The van der Waals surface area contributed by atoms with Crippen molar-refractivity contribution in [2.24, 2.45) is 0 Å². The van der Waals surface area contributed by atoms with Crippen LogP contribution in [0.4, 0.5) is 13.2 Å². The molecular formula is C25H22ClF3N4O3.